The summed E-state index contributed by atoms with van der Waals surface area (Å²) < 4.78 is 0. The maximum atomic E-state index is 12.5. The van der Waals surface area contributed by atoms with Crippen LogP contribution >= 0.6 is 0 Å². The van der Waals surface area contributed by atoms with Gasteiger partial charge in [0, 0.05) is 6.42 Å². The molecule has 0 bridgehead atoms. The molecule has 136 valence electrons. The van der Waals surface area contributed by atoms with Crippen molar-refractivity contribution in [3.8, 4) is 11.1 Å². The van der Waals surface area contributed by atoms with E-state index in [1.807, 2.05) is 19.9 Å². The molecule has 26 heavy (non-hydrogen) atoms. The molecule has 0 aromatic heterocycles. The predicted octanol–water partition coefficient (Wildman–Crippen LogP) is 4.46. The Balaban J connectivity index is 2.33. The maximum absolute atomic E-state index is 12.5. The molecule has 3 nitrogen and oxygen atoms in total. The Hall–Kier alpha value is -2.42. The van der Waals surface area contributed by atoms with Crippen molar-refractivity contribution in [2.45, 2.75) is 59.9 Å². The van der Waals surface area contributed by atoms with Gasteiger partial charge >= 0.3 is 0 Å². The first-order chi connectivity index (χ1) is 12.3. The third-order valence-electron chi connectivity index (χ3n) is 5.73. The Morgan fingerprint density at radius 1 is 1.08 bits per heavy atom. The van der Waals surface area contributed by atoms with Crippen molar-refractivity contribution >= 4 is 5.91 Å². The molecule has 0 saturated heterocycles. The van der Waals surface area contributed by atoms with Crippen LogP contribution in [0.2, 0.25) is 0 Å². The predicted molar refractivity (Wildman–Crippen MR) is 107 cm³/mol. The second-order valence-electron chi connectivity index (χ2n) is 7.38. The Kier molecular flexibility index (Phi) is 4.99. The maximum Gasteiger partial charge on any atom is 0.220 e. The van der Waals surface area contributed by atoms with Gasteiger partial charge in [0.25, 0.3) is 0 Å². The largest absolute Gasteiger partial charge is 0.349 e. The van der Waals surface area contributed by atoms with E-state index in [1.54, 1.807) is 6.07 Å². The van der Waals surface area contributed by atoms with E-state index < -0.39 is 0 Å². The number of nitrogens with one attached hydrogen (secondary N) is 1. The lowest BCUT2D eigenvalue weighted by Crippen LogP contribution is -2.28. The fraction of sp³-hybridized carbons (Fsp3) is 0.391. The number of amides is 1. The fourth-order valence-electron chi connectivity index (χ4n) is 3.88. The molecule has 0 radical (unpaired) electrons. The smallest absolute Gasteiger partial charge is 0.220 e. The topological polar surface area (TPSA) is 46.2 Å². The average molecular weight is 349 g/mol. The number of carbonyl (C=O) groups is 1. The number of aryl methyl sites for hydroxylation is 3. The summed E-state index contributed by atoms with van der Waals surface area (Å²) in [7, 11) is 0. The normalized spacial score (nSPS) is 15.7. The number of rotatable bonds is 2. The van der Waals surface area contributed by atoms with Crippen LogP contribution in [0.3, 0.4) is 0 Å². The second-order valence-corrected chi connectivity index (χ2v) is 7.38. The molecule has 1 N–H and O–H groups in total. The molecule has 1 amide bonds. The SMILES string of the molecule is CCC(=O)NC1CCc2cc(C)c(C)c(C)c2-c2ccc(C)c(=O)cc21. The van der Waals surface area contributed by atoms with Crippen molar-refractivity contribution in [3.63, 3.8) is 0 Å². The second kappa shape index (κ2) is 7.06. The molecule has 1 unspecified atom stereocenters. The van der Waals surface area contributed by atoms with E-state index >= 15 is 0 Å². The third kappa shape index (κ3) is 3.18. The number of hydrogen-bond donors (Lipinski definition) is 1. The molecular weight excluding hydrogens is 322 g/mol. The molecule has 0 saturated carbocycles. The fourth-order valence-corrected chi connectivity index (χ4v) is 3.88. The lowest BCUT2D eigenvalue weighted by atomic mass is 9.88. The molecule has 3 heteroatoms. The van der Waals surface area contributed by atoms with Crippen LogP contribution in [0.5, 0.6) is 0 Å². The Morgan fingerprint density at radius 2 is 1.81 bits per heavy atom. The molecule has 0 aliphatic heterocycles. The van der Waals surface area contributed by atoms with Gasteiger partial charge < -0.3 is 5.32 Å². The zero-order valence-corrected chi connectivity index (χ0v) is 16.3. The van der Waals surface area contributed by atoms with Gasteiger partial charge in [-0.1, -0.05) is 25.1 Å². The summed E-state index contributed by atoms with van der Waals surface area (Å²) in [5, 5.41) is 3.13. The van der Waals surface area contributed by atoms with Crippen LogP contribution in [0.1, 0.15) is 59.2 Å². The molecule has 1 atom stereocenters. The van der Waals surface area contributed by atoms with Crippen molar-refractivity contribution in [1.82, 2.24) is 5.32 Å². The van der Waals surface area contributed by atoms with E-state index in [2.05, 4.69) is 38.2 Å². The van der Waals surface area contributed by atoms with Crippen LogP contribution in [-0.2, 0) is 11.2 Å². The van der Waals surface area contributed by atoms with Gasteiger partial charge in [-0.15, -0.1) is 0 Å². The van der Waals surface area contributed by atoms with E-state index in [1.165, 1.54) is 27.8 Å². The van der Waals surface area contributed by atoms with E-state index in [-0.39, 0.29) is 17.4 Å². The van der Waals surface area contributed by atoms with Gasteiger partial charge in [0.1, 0.15) is 0 Å². The minimum absolute atomic E-state index is 0.0201. The molecule has 0 fully saturated rings. The quantitative estimate of drug-likeness (QED) is 0.870. The molecule has 2 aromatic carbocycles. The third-order valence-corrected chi connectivity index (χ3v) is 5.73. The molecule has 0 spiro atoms. The summed E-state index contributed by atoms with van der Waals surface area (Å²) in [5.74, 6) is 0.0201. The molecule has 1 aliphatic rings. The summed E-state index contributed by atoms with van der Waals surface area (Å²) in [4.78, 5) is 24.6. The highest BCUT2D eigenvalue weighted by Gasteiger charge is 2.25. The van der Waals surface area contributed by atoms with Crippen LogP contribution in [0.15, 0.2) is 29.1 Å². The summed E-state index contributed by atoms with van der Waals surface area (Å²) in [6, 6.07) is 7.83. The number of carbonyl (C=O) groups excluding carboxylic acids is 1. The first-order valence-corrected chi connectivity index (χ1v) is 9.37. The van der Waals surface area contributed by atoms with Crippen molar-refractivity contribution in [3.05, 3.63) is 67.9 Å². The summed E-state index contributed by atoms with van der Waals surface area (Å²) in [6.45, 7) is 10.2. The van der Waals surface area contributed by atoms with Crippen LogP contribution in [0.4, 0.5) is 0 Å². The molecule has 2 aromatic rings. The van der Waals surface area contributed by atoms with Gasteiger partial charge in [0.05, 0.1) is 6.04 Å². The van der Waals surface area contributed by atoms with Crippen molar-refractivity contribution in [2.75, 3.05) is 0 Å². The molecular formula is C23H27NO2. The highest BCUT2D eigenvalue weighted by Crippen LogP contribution is 2.40. The monoisotopic (exact) mass is 349 g/mol. The average Bonchev–Trinajstić information content (AvgIpc) is 2.84. The van der Waals surface area contributed by atoms with Gasteiger partial charge in [-0.2, -0.15) is 0 Å². The van der Waals surface area contributed by atoms with E-state index in [0.717, 1.165) is 29.5 Å². The zero-order chi connectivity index (χ0) is 19.0. The summed E-state index contributed by atoms with van der Waals surface area (Å²) in [5.41, 5.74) is 9.13. The lowest BCUT2D eigenvalue weighted by molar-refractivity contribution is -0.121. The van der Waals surface area contributed by atoms with Gasteiger partial charge in [-0.3, -0.25) is 9.59 Å². The van der Waals surface area contributed by atoms with Gasteiger partial charge in [-0.05, 0) is 91.1 Å². The van der Waals surface area contributed by atoms with Crippen molar-refractivity contribution in [1.29, 1.82) is 0 Å². The number of hydrogen-bond acceptors (Lipinski definition) is 2. The van der Waals surface area contributed by atoms with Crippen LogP contribution in [0, 0.1) is 27.7 Å². The van der Waals surface area contributed by atoms with E-state index in [4.69, 9.17) is 0 Å². The molecule has 1 aliphatic carbocycles. The lowest BCUT2D eigenvalue weighted by Gasteiger charge is -2.18. The van der Waals surface area contributed by atoms with Crippen LogP contribution < -0.4 is 10.7 Å². The Bertz CT molecular complexity index is 944. The van der Waals surface area contributed by atoms with Crippen LogP contribution in [-0.4, -0.2) is 5.91 Å². The first kappa shape index (κ1) is 18.4. The van der Waals surface area contributed by atoms with E-state index in [0.29, 0.717) is 6.42 Å². The minimum atomic E-state index is -0.135. The number of fused-ring (bicyclic) bond motifs is 3. The van der Waals surface area contributed by atoms with Gasteiger partial charge in [0.15, 0.2) is 5.43 Å². The minimum Gasteiger partial charge on any atom is -0.349 e. The summed E-state index contributed by atoms with van der Waals surface area (Å²) >= 11 is 0. The Morgan fingerprint density at radius 3 is 2.50 bits per heavy atom. The van der Waals surface area contributed by atoms with Gasteiger partial charge in [0.2, 0.25) is 5.91 Å². The zero-order valence-electron chi connectivity index (χ0n) is 16.3. The standard InChI is InChI=1S/C23H27NO2/c1-6-22(26)24-20-10-8-17-11-14(3)15(4)16(5)23(17)18-9-7-13(2)21(25)12-19(18)20/h7,9,11-12,20H,6,8,10H2,1-5H3,(H,24,26). The van der Waals surface area contributed by atoms with Gasteiger partial charge in [-0.25, -0.2) is 0 Å². The van der Waals surface area contributed by atoms with Crippen molar-refractivity contribution < 1.29 is 4.79 Å². The van der Waals surface area contributed by atoms with E-state index in [9.17, 15) is 9.59 Å². The van der Waals surface area contributed by atoms with Crippen LogP contribution in [0.25, 0.3) is 11.1 Å². The molecule has 0 heterocycles. The molecule has 3 rings (SSSR count). The number of benzene rings is 1. The highest BCUT2D eigenvalue weighted by atomic mass is 16.1. The Labute approximate surface area is 155 Å². The summed E-state index contributed by atoms with van der Waals surface area (Å²) in [6.07, 6.45) is 2.13. The van der Waals surface area contributed by atoms with Crippen molar-refractivity contribution in [2.24, 2.45) is 0 Å². The highest BCUT2D eigenvalue weighted by molar-refractivity contribution is 5.79. The first-order valence-electron chi connectivity index (χ1n) is 9.37.